The molecule has 0 spiro atoms. The van der Waals surface area contributed by atoms with Crippen LogP contribution in [0.5, 0.6) is 5.75 Å². The maximum absolute atomic E-state index is 12.6. The summed E-state index contributed by atoms with van der Waals surface area (Å²) in [5, 5.41) is 9.59. The number of aliphatic hydroxyl groups excluding tert-OH is 1. The Morgan fingerprint density at radius 3 is 2.48 bits per heavy atom. The van der Waals surface area contributed by atoms with Crippen molar-refractivity contribution in [3.63, 3.8) is 0 Å². The molecule has 1 aliphatic rings. The lowest BCUT2D eigenvalue weighted by atomic mass is 9.93. The summed E-state index contributed by atoms with van der Waals surface area (Å²) in [6.45, 7) is 2.65. The van der Waals surface area contributed by atoms with Crippen LogP contribution in [0.1, 0.15) is 19.8 Å². The van der Waals surface area contributed by atoms with E-state index >= 15 is 0 Å². The summed E-state index contributed by atoms with van der Waals surface area (Å²) in [7, 11) is -1.96. The number of methoxy groups -OCH3 is 1. The molecule has 1 aromatic carbocycles. The summed E-state index contributed by atoms with van der Waals surface area (Å²) in [6, 6.07) is 4.76. The summed E-state index contributed by atoms with van der Waals surface area (Å²) in [5.41, 5.74) is 0. The molecule has 0 aromatic heterocycles. The summed E-state index contributed by atoms with van der Waals surface area (Å²) < 4.78 is 32.5. The maximum atomic E-state index is 12.6. The molecule has 7 heteroatoms. The topological polar surface area (TPSA) is 66.8 Å². The molecule has 1 fully saturated rings. The highest BCUT2D eigenvalue weighted by Crippen LogP contribution is 2.30. The van der Waals surface area contributed by atoms with Gasteiger partial charge in [0.1, 0.15) is 5.75 Å². The van der Waals surface area contributed by atoms with Crippen LogP contribution in [-0.4, -0.2) is 44.1 Å². The second-order valence-corrected chi connectivity index (χ2v) is 8.07. The summed E-state index contributed by atoms with van der Waals surface area (Å²) in [5.74, 6) is 0.779. The first kappa shape index (κ1) is 16.7. The number of nitrogens with zero attached hydrogens (tertiary/aromatic N) is 1. The number of sulfonamides is 1. The highest BCUT2D eigenvalue weighted by Gasteiger charge is 2.31. The number of hydrogen-bond donors (Lipinski definition) is 1. The van der Waals surface area contributed by atoms with E-state index in [1.807, 2.05) is 0 Å². The lowest BCUT2D eigenvalue weighted by Gasteiger charge is -2.32. The normalized spacial score (nSPS) is 19.4. The molecule has 1 unspecified atom stereocenters. The zero-order chi connectivity index (χ0) is 15.6. The molecule has 0 aliphatic carbocycles. The SMILES string of the molecule is COc1ccc(S(=O)(=O)N2CCC(C(C)O)CC2)cc1Br. The molecule has 1 aliphatic heterocycles. The first-order valence-electron chi connectivity index (χ1n) is 6.88. The molecule has 0 saturated carbocycles. The van der Waals surface area contributed by atoms with Gasteiger partial charge in [0.25, 0.3) is 0 Å². The van der Waals surface area contributed by atoms with Crippen LogP contribution in [0, 0.1) is 5.92 Å². The van der Waals surface area contributed by atoms with Crippen LogP contribution >= 0.6 is 15.9 Å². The number of piperidine rings is 1. The molecule has 1 N–H and O–H groups in total. The van der Waals surface area contributed by atoms with Crippen molar-refractivity contribution < 1.29 is 18.3 Å². The molecule has 2 rings (SSSR count). The third kappa shape index (κ3) is 3.59. The average molecular weight is 378 g/mol. The number of ether oxygens (including phenoxy) is 1. The van der Waals surface area contributed by atoms with Crippen molar-refractivity contribution in [2.24, 2.45) is 5.92 Å². The molecule has 0 amide bonds. The van der Waals surface area contributed by atoms with Crippen molar-refractivity contribution in [2.75, 3.05) is 20.2 Å². The van der Waals surface area contributed by atoms with Gasteiger partial charge in [-0.3, -0.25) is 0 Å². The molecule has 1 saturated heterocycles. The van der Waals surface area contributed by atoms with Crippen LogP contribution in [0.15, 0.2) is 27.6 Å². The second-order valence-electron chi connectivity index (χ2n) is 5.28. The van der Waals surface area contributed by atoms with Gasteiger partial charge in [-0.2, -0.15) is 4.31 Å². The van der Waals surface area contributed by atoms with Gasteiger partial charge < -0.3 is 9.84 Å². The number of hydrogen-bond acceptors (Lipinski definition) is 4. The Hall–Kier alpha value is -0.630. The lowest BCUT2D eigenvalue weighted by molar-refractivity contribution is 0.0912. The lowest BCUT2D eigenvalue weighted by Crippen LogP contribution is -2.40. The van der Waals surface area contributed by atoms with E-state index in [-0.39, 0.29) is 16.9 Å². The third-order valence-electron chi connectivity index (χ3n) is 3.94. The predicted molar refractivity (Wildman–Crippen MR) is 83.9 cm³/mol. The molecule has 0 radical (unpaired) electrons. The second kappa shape index (κ2) is 6.64. The Morgan fingerprint density at radius 1 is 1.38 bits per heavy atom. The van der Waals surface area contributed by atoms with Crippen LogP contribution in [-0.2, 0) is 10.0 Å². The summed E-state index contributed by atoms with van der Waals surface area (Å²) in [4.78, 5) is 0.255. The molecular weight excluding hydrogens is 358 g/mol. The zero-order valence-electron chi connectivity index (χ0n) is 12.1. The van der Waals surface area contributed by atoms with Gasteiger partial charge in [-0.25, -0.2) is 8.42 Å². The van der Waals surface area contributed by atoms with Crippen molar-refractivity contribution in [3.8, 4) is 5.75 Å². The van der Waals surface area contributed by atoms with E-state index in [4.69, 9.17) is 4.74 Å². The molecule has 21 heavy (non-hydrogen) atoms. The van der Waals surface area contributed by atoms with E-state index in [0.29, 0.717) is 36.2 Å². The van der Waals surface area contributed by atoms with Gasteiger partial charge in [-0.1, -0.05) is 0 Å². The Balaban J connectivity index is 2.17. The molecule has 1 atom stereocenters. The molecule has 5 nitrogen and oxygen atoms in total. The van der Waals surface area contributed by atoms with Gasteiger partial charge in [-0.05, 0) is 59.8 Å². The average Bonchev–Trinajstić information content (AvgIpc) is 2.47. The monoisotopic (exact) mass is 377 g/mol. The number of halogens is 1. The van der Waals surface area contributed by atoms with E-state index in [1.165, 1.54) is 11.4 Å². The van der Waals surface area contributed by atoms with Crippen LogP contribution in [0.25, 0.3) is 0 Å². The Labute approximate surface area is 134 Å². The highest BCUT2D eigenvalue weighted by molar-refractivity contribution is 9.10. The van der Waals surface area contributed by atoms with Crippen molar-refractivity contribution in [3.05, 3.63) is 22.7 Å². The number of benzene rings is 1. The quantitative estimate of drug-likeness (QED) is 0.873. The predicted octanol–water partition coefficient (Wildman–Crippen LogP) is 2.24. The summed E-state index contributed by atoms with van der Waals surface area (Å²) >= 11 is 3.31. The standard InChI is InChI=1S/C14H20BrNO4S/c1-10(17)11-5-7-16(8-6-11)21(18,19)12-3-4-14(20-2)13(15)9-12/h3-4,9-11,17H,5-8H2,1-2H3. The number of aliphatic hydroxyl groups is 1. The van der Waals surface area contributed by atoms with Crippen LogP contribution in [0.4, 0.5) is 0 Å². The van der Waals surface area contributed by atoms with Gasteiger partial charge in [0.05, 0.1) is 22.6 Å². The Kier molecular flexibility index (Phi) is 5.29. The largest absolute Gasteiger partial charge is 0.496 e. The molecule has 1 heterocycles. The zero-order valence-corrected chi connectivity index (χ0v) is 14.5. The van der Waals surface area contributed by atoms with E-state index in [0.717, 1.165) is 0 Å². The van der Waals surface area contributed by atoms with Crippen molar-refractivity contribution in [1.29, 1.82) is 0 Å². The van der Waals surface area contributed by atoms with E-state index in [9.17, 15) is 13.5 Å². The fourth-order valence-electron chi connectivity index (χ4n) is 2.56. The van der Waals surface area contributed by atoms with Crippen molar-refractivity contribution in [2.45, 2.75) is 30.8 Å². The van der Waals surface area contributed by atoms with E-state index < -0.39 is 10.0 Å². The van der Waals surface area contributed by atoms with Crippen LogP contribution in [0.3, 0.4) is 0 Å². The minimum Gasteiger partial charge on any atom is -0.496 e. The highest BCUT2D eigenvalue weighted by atomic mass is 79.9. The summed E-state index contributed by atoms with van der Waals surface area (Å²) in [6.07, 6.45) is 0.993. The van der Waals surface area contributed by atoms with Gasteiger partial charge in [-0.15, -0.1) is 0 Å². The Bertz CT molecular complexity index is 595. The smallest absolute Gasteiger partial charge is 0.243 e. The van der Waals surface area contributed by atoms with E-state index in [2.05, 4.69) is 15.9 Å². The fraction of sp³-hybridized carbons (Fsp3) is 0.571. The first-order valence-corrected chi connectivity index (χ1v) is 9.11. The molecule has 118 valence electrons. The van der Waals surface area contributed by atoms with Crippen molar-refractivity contribution in [1.82, 2.24) is 4.31 Å². The molecule has 1 aromatic rings. The van der Waals surface area contributed by atoms with Gasteiger partial charge in [0.2, 0.25) is 10.0 Å². The fourth-order valence-corrected chi connectivity index (χ4v) is 4.74. The van der Waals surface area contributed by atoms with E-state index in [1.54, 1.807) is 25.1 Å². The van der Waals surface area contributed by atoms with Gasteiger partial charge in [0.15, 0.2) is 0 Å². The van der Waals surface area contributed by atoms with Crippen molar-refractivity contribution >= 4 is 26.0 Å². The Morgan fingerprint density at radius 2 is 2.00 bits per heavy atom. The molecule has 0 bridgehead atoms. The number of rotatable bonds is 4. The van der Waals surface area contributed by atoms with Gasteiger partial charge in [0, 0.05) is 13.1 Å². The minimum atomic E-state index is -3.49. The van der Waals surface area contributed by atoms with Crippen LogP contribution < -0.4 is 4.74 Å². The minimum absolute atomic E-state index is 0.180. The molecular formula is C14H20BrNO4S. The third-order valence-corrected chi connectivity index (χ3v) is 6.46. The van der Waals surface area contributed by atoms with Crippen LogP contribution in [0.2, 0.25) is 0 Å². The first-order chi connectivity index (χ1) is 9.86. The maximum Gasteiger partial charge on any atom is 0.243 e. The van der Waals surface area contributed by atoms with Gasteiger partial charge >= 0.3 is 0 Å².